The number of carbonyl (C=O) groups is 1. The molecule has 0 aliphatic carbocycles. The second-order valence-electron chi connectivity index (χ2n) is 9.66. The van der Waals surface area contributed by atoms with E-state index in [0.29, 0.717) is 40.6 Å². The number of ketones is 1. The summed E-state index contributed by atoms with van der Waals surface area (Å²) in [4.78, 5) is 25.2. The summed E-state index contributed by atoms with van der Waals surface area (Å²) in [5.41, 5.74) is 3.51. The Balaban J connectivity index is 1.54. The number of nitriles is 1. The molecule has 182 valence electrons. The first-order valence-electron chi connectivity index (χ1n) is 12.1. The number of halogens is 1. The minimum absolute atomic E-state index is 0.0651. The highest BCUT2D eigenvalue weighted by molar-refractivity contribution is 6.31. The topological polar surface area (TPSA) is 93.9 Å². The lowest BCUT2D eigenvalue weighted by molar-refractivity contribution is 0.0900. The maximum Gasteiger partial charge on any atom is 0.172 e. The number of Topliss-reactive ketones (excluding diaryl/α,β-unsaturated/α-hetero) is 1. The van der Waals surface area contributed by atoms with Crippen LogP contribution in [0.3, 0.4) is 0 Å². The average Bonchev–Trinajstić information content (AvgIpc) is 2.81. The van der Waals surface area contributed by atoms with Crippen LogP contribution in [-0.4, -0.2) is 40.9 Å². The number of nitrogens with one attached hydrogen (secondary N) is 2. The maximum atomic E-state index is 13.3. The zero-order chi connectivity index (χ0) is 25.1. The Morgan fingerprint density at radius 1 is 1.03 bits per heavy atom. The number of aromatic nitrogens is 2. The third-order valence-electron chi connectivity index (χ3n) is 6.00. The molecule has 0 atom stereocenters. The summed E-state index contributed by atoms with van der Waals surface area (Å²) in [6, 6.07) is 13.5. The number of hydrogen-bond acceptors (Lipinski definition) is 7. The van der Waals surface area contributed by atoms with Crippen molar-refractivity contribution in [1.29, 1.82) is 5.26 Å². The summed E-state index contributed by atoms with van der Waals surface area (Å²) in [6.07, 6.45) is 1.46. The molecular formula is C27H31ClN6O. The Labute approximate surface area is 211 Å². The van der Waals surface area contributed by atoms with E-state index >= 15 is 0 Å². The van der Waals surface area contributed by atoms with Gasteiger partial charge in [-0.25, -0.2) is 9.97 Å². The summed E-state index contributed by atoms with van der Waals surface area (Å²) < 4.78 is 0. The van der Waals surface area contributed by atoms with Gasteiger partial charge < -0.3 is 15.5 Å². The van der Waals surface area contributed by atoms with Crippen LogP contribution in [0.4, 0.5) is 17.3 Å². The zero-order valence-electron chi connectivity index (χ0n) is 20.6. The summed E-state index contributed by atoms with van der Waals surface area (Å²) in [5, 5.41) is 16.5. The molecular weight excluding hydrogens is 460 g/mol. The van der Waals surface area contributed by atoms with Crippen LogP contribution in [0.1, 0.15) is 56.5 Å². The van der Waals surface area contributed by atoms with E-state index in [1.807, 2.05) is 18.2 Å². The molecule has 2 aromatic carbocycles. The van der Waals surface area contributed by atoms with Gasteiger partial charge in [-0.2, -0.15) is 5.26 Å². The van der Waals surface area contributed by atoms with Gasteiger partial charge in [0, 0.05) is 47.4 Å². The van der Waals surface area contributed by atoms with Gasteiger partial charge in [0.1, 0.15) is 0 Å². The number of hydrogen-bond donors (Lipinski definition) is 2. The molecule has 7 nitrogen and oxygen atoms in total. The van der Waals surface area contributed by atoms with Crippen molar-refractivity contribution in [2.75, 3.05) is 28.6 Å². The van der Waals surface area contributed by atoms with E-state index in [2.05, 4.69) is 49.3 Å². The number of anilines is 3. The monoisotopic (exact) mass is 490 g/mol. The Hall–Kier alpha value is -3.37. The van der Waals surface area contributed by atoms with E-state index in [1.54, 1.807) is 18.2 Å². The fourth-order valence-corrected chi connectivity index (χ4v) is 4.68. The molecule has 1 aromatic heterocycles. The molecule has 2 N–H and O–H groups in total. The van der Waals surface area contributed by atoms with Crippen LogP contribution in [0.15, 0.2) is 36.4 Å². The van der Waals surface area contributed by atoms with Crippen LogP contribution in [0.2, 0.25) is 5.02 Å². The highest BCUT2D eigenvalue weighted by atomic mass is 35.5. The van der Waals surface area contributed by atoms with Crippen molar-refractivity contribution in [2.45, 2.75) is 52.6 Å². The lowest BCUT2D eigenvalue weighted by Crippen LogP contribution is -2.37. The SMILES string of the molecule is CC(C)Nc1cc(Cl)cc(C(=O)C2CCN(c3nc4ccc(C#N)cc4nc3NC(C)C)CC2)c1. The third kappa shape index (κ3) is 5.83. The molecule has 1 fully saturated rings. The molecule has 0 unspecified atom stereocenters. The number of benzene rings is 2. The molecule has 0 radical (unpaired) electrons. The van der Waals surface area contributed by atoms with Gasteiger partial charge in [0.15, 0.2) is 17.4 Å². The number of piperidine rings is 1. The predicted molar refractivity (Wildman–Crippen MR) is 142 cm³/mol. The lowest BCUT2D eigenvalue weighted by Gasteiger charge is -2.33. The molecule has 3 aromatic rings. The third-order valence-corrected chi connectivity index (χ3v) is 6.22. The van der Waals surface area contributed by atoms with Gasteiger partial charge >= 0.3 is 0 Å². The molecule has 4 rings (SSSR count). The average molecular weight is 491 g/mol. The van der Waals surface area contributed by atoms with E-state index in [1.165, 1.54) is 0 Å². The zero-order valence-corrected chi connectivity index (χ0v) is 21.4. The Morgan fingerprint density at radius 3 is 2.40 bits per heavy atom. The predicted octanol–water partition coefficient (Wildman–Crippen LogP) is 5.89. The van der Waals surface area contributed by atoms with Crippen molar-refractivity contribution in [3.05, 3.63) is 52.5 Å². The quantitative estimate of drug-likeness (QED) is 0.398. The van der Waals surface area contributed by atoms with Crippen molar-refractivity contribution in [3.63, 3.8) is 0 Å². The van der Waals surface area contributed by atoms with Gasteiger partial charge in [0.25, 0.3) is 0 Å². The van der Waals surface area contributed by atoms with Crippen molar-refractivity contribution >= 4 is 45.7 Å². The van der Waals surface area contributed by atoms with E-state index in [9.17, 15) is 10.1 Å². The Bertz CT molecular complexity index is 1270. The van der Waals surface area contributed by atoms with Gasteiger partial charge in [-0.1, -0.05) is 11.6 Å². The van der Waals surface area contributed by atoms with Gasteiger partial charge in [-0.3, -0.25) is 4.79 Å². The van der Waals surface area contributed by atoms with E-state index < -0.39 is 0 Å². The molecule has 0 spiro atoms. The summed E-state index contributed by atoms with van der Waals surface area (Å²) >= 11 is 6.30. The summed E-state index contributed by atoms with van der Waals surface area (Å²) in [5.74, 6) is 1.55. The van der Waals surface area contributed by atoms with Crippen molar-refractivity contribution in [3.8, 4) is 6.07 Å². The molecule has 1 saturated heterocycles. The normalized spacial score (nSPS) is 14.4. The number of nitrogens with zero attached hydrogens (tertiary/aromatic N) is 4. The van der Waals surface area contributed by atoms with E-state index in [-0.39, 0.29) is 23.8 Å². The number of rotatable bonds is 7. The molecule has 0 saturated carbocycles. The lowest BCUT2D eigenvalue weighted by atomic mass is 9.88. The highest BCUT2D eigenvalue weighted by Gasteiger charge is 2.28. The minimum atomic E-state index is -0.0651. The molecule has 1 aliphatic heterocycles. The van der Waals surface area contributed by atoms with Crippen LogP contribution in [0.25, 0.3) is 11.0 Å². The molecule has 0 amide bonds. The van der Waals surface area contributed by atoms with E-state index in [4.69, 9.17) is 21.6 Å². The molecule has 0 bridgehead atoms. The first-order chi connectivity index (χ1) is 16.7. The first-order valence-corrected chi connectivity index (χ1v) is 12.5. The Morgan fingerprint density at radius 2 is 1.74 bits per heavy atom. The summed E-state index contributed by atoms with van der Waals surface area (Å²) in [7, 11) is 0. The molecule has 35 heavy (non-hydrogen) atoms. The first kappa shape index (κ1) is 24.7. The highest BCUT2D eigenvalue weighted by Crippen LogP contribution is 2.32. The van der Waals surface area contributed by atoms with Crippen molar-refractivity contribution in [1.82, 2.24) is 9.97 Å². The molecule has 2 heterocycles. The largest absolute Gasteiger partial charge is 0.383 e. The second kappa shape index (κ2) is 10.5. The molecule has 8 heteroatoms. The van der Waals surface area contributed by atoms with Crippen LogP contribution in [0, 0.1) is 17.2 Å². The number of carbonyl (C=O) groups excluding carboxylic acids is 1. The van der Waals surface area contributed by atoms with E-state index in [0.717, 1.165) is 29.9 Å². The van der Waals surface area contributed by atoms with Crippen molar-refractivity contribution < 1.29 is 4.79 Å². The van der Waals surface area contributed by atoms with Crippen LogP contribution < -0.4 is 15.5 Å². The fourth-order valence-electron chi connectivity index (χ4n) is 4.44. The Kier molecular flexibility index (Phi) is 7.42. The van der Waals surface area contributed by atoms with Crippen LogP contribution in [-0.2, 0) is 0 Å². The maximum absolute atomic E-state index is 13.3. The summed E-state index contributed by atoms with van der Waals surface area (Å²) in [6.45, 7) is 9.63. The molecule has 1 aliphatic rings. The fraction of sp³-hybridized carbons (Fsp3) is 0.407. The van der Waals surface area contributed by atoms with Crippen LogP contribution in [0.5, 0.6) is 0 Å². The second-order valence-corrected chi connectivity index (χ2v) is 10.1. The van der Waals surface area contributed by atoms with Crippen LogP contribution >= 0.6 is 11.6 Å². The standard InChI is InChI=1S/C27H31ClN6O/c1-16(2)30-22-13-20(12-21(28)14-22)25(35)19-7-9-34(10-8-19)27-26(31-17(3)4)32-24-11-18(15-29)5-6-23(24)33-27/h5-6,11-14,16-17,19,30H,7-10H2,1-4H3,(H,31,32). The number of fused-ring (bicyclic) bond motifs is 1. The van der Waals surface area contributed by atoms with Gasteiger partial charge in [0.2, 0.25) is 0 Å². The smallest absolute Gasteiger partial charge is 0.172 e. The van der Waals surface area contributed by atoms with Gasteiger partial charge in [0.05, 0.1) is 22.7 Å². The minimum Gasteiger partial charge on any atom is -0.383 e. The van der Waals surface area contributed by atoms with Crippen molar-refractivity contribution in [2.24, 2.45) is 5.92 Å². The van der Waals surface area contributed by atoms with Gasteiger partial charge in [-0.05, 0) is 76.9 Å². The van der Waals surface area contributed by atoms with Gasteiger partial charge in [-0.15, -0.1) is 0 Å².